The molecule has 0 spiro atoms. The lowest BCUT2D eigenvalue weighted by Gasteiger charge is -2.18. The van der Waals surface area contributed by atoms with E-state index in [4.69, 9.17) is 17.3 Å². The van der Waals surface area contributed by atoms with Crippen LogP contribution in [-0.4, -0.2) is 24.8 Å². The molecule has 1 aromatic carbocycles. The number of nitrogens with two attached hydrogens (primary N) is 1. The first-order chi connectivity index (χ1) is 9.41. The van der Waals surface area contributed by atoms with Crippen LogP contribution in [0.5, 0.6) is 0 Å². The molecule has 7 heteroatoms. The number of sulfonamides is 1. The maximum Gasteiger partial charge on any atom is 0.245 e. The first kappa shape index (κ1) is 14.8. The maximum atomic E-state index is 12.5. The lowest BCUT2D eigenvalue weighted by molar-refractivity contribution is 0.467. The summed E-state index contributed by atoms with van der Waals surface area (Å²) in [5.74, 6) is 0. The Morgan fingerprint density at radius 3 is 2.50 bits per heavy atom. The van der Waals surface area contributed by atoms with E-state index in [1.54, 1.807) is 24.5 Å². The number of rotatable bonds is 4. The first-order valence-electron chi connectivity index (χ1n) is 5.81. The second-order valence-corrected chi connectivity index (χ2v) is 6.75. The molecular weight excluding hydrogens is 298 g/mol. The summed E-state index contributed by atoms with van der Waals surface area (Å²) in [6.45, 7) is 0.243. The van der Waals surface area contributed by atoms with Gasteiger partial charge in [-0.05, 0) is 35.9 Å². The molecule has 0 aliphatic heterocycles. The molecule has 1 aromatic heterocycles. The van der Waals surface area contributed by atoms with Crippen molar-refractivity contribution >= 4 is 27.3 Å². The highest BCUT2D eigenvalue weighted by molar-refractivity contribution is 7.89. The fraction of sp³-hybridized carbons (Fsp3) is 0.154. The average molecular weight is 312 g/mol. The fourth-order valence-electron chi connectivity index (χ4n) is 1.75. The van der Waals surface area contributed by atoms with Crippen LogP contribution in [0.2, 0.25) is 5.02 Å². The molecule has 0 fully saturated rings. The van der Waals surface area contributed by atoms with Gasteiger partial charge in [0.1, 0.15) is 4.90 Å². The van der Waals surface area contributed by atoms with E-state index in [2.05, 4.69) is 4.98 Å². The molecule has 0 saturated carbocycles. The Morgan fingerprint density at radius 2 is 1.90 bits per heavy atom. The molecule has 1 heterocycles. The van der Waals surface area contributed by atoms with Crippen LogP contribution in [0, 0.1) is 0 Å². The molecule has 0 saturated heterocycles. The smallest absolute Gasteiger partial charge is 0.245 e. The van der Waals surface area contributed by atoms with Gasteiger partial charge in [0.25, 0.3) is 0 Å². The predicted molar refractivity (Wildman–Crippen MR) is 78.8 cm³/mol. The highest BCUT2D eigenvalue weighted by Crippen LogP contribution is 2.25. The fourth-order valence-corrected chi connectivity index (χ4v) is 3.18. The zero-order valence-corrected chi connectivity index (χ0v) is 12.4. The molecule has 2 rings (SSSR count). The van der Waals surface area contributed by atoms with Crippen molar-refractivity contribution in [3.63, 3.8) is 0 Å². The third kappa shape index (κ3) is 3.09. The number of hydrogen-bond acceptors (Lipinski definition) is 4. The summed E-state index contributed by atoms with van der Waals surface area (Å²) in [7, 11) is -2.15. The van der Waals surface area contributed by atoms with Gasteiger partial charge in [-0.15, -0.1) is 0 Å². The van der Waals surface area contributed by atoms with Gasteiger partial charge >= 0.3 is 0 Å². The van der Waals surface area contributed by atoms with Gasteiger partial charge < -0.3 is 5.73 Å². The number of anilines is 1. The lowest BCUT2D eigenvalue weighted by Crippen LogP contribution is -2.27. The minimum atomic E-state index is -3.66. The number of nitrogens with zero attached hydrogens (tertiary/aromatic N) is 2. The first-order valence-corrected chi connectivity index (χ1v) is 7.63. The summed E-state index contributed by atoms with van der Waals surface area (Å²) in [5.41, 5.74) is 6.72. The van der Waals surface area contributed by atoms with Crippen LogP contribution in [0.25, 0.3) is 0 Å². The molecule has 0 radical (unpaired) electrons. The second-order valence-electron chi connectivity index (χ2n) is 4.30. The molecule has 0 aliphatic rings. The average Bonchev–Trinajstić information content (AvgIpc) is 2.39. The topological polar surface area (TPSA) is 76.3 Å². The van der Waals surface area contributed by atoms with Crippen molar-refractivity contribution in [2.75, 3.05) is 12.8 Å². The molecule has 2 aromatic rings. The summed E-state index contributed by atoms with van der Waals surface area (Å²) >= 11 is 5.78. The van der Waals surface area contributed by atoms with E-state index in [1.807, 2.05) is 0 Å². The van der Waals surface area contributed by atoms with Crippen molar-refractivity contribution in [1.29, 1.82) is 0 Å². The Kier molecular flexibility index (Phi) is 4.27. The number of aromatic nitrogens is 1. The van der Waals surface area contributed by atoms with E-state index in [9.17, 15) is 8.42 Å². The molecule has 106 valence electrons. The quantitative estimate of drug-likeness (QED) is 0.878. The number of nitrogen functional groups attached to an aromatic ring is 1. The third-order valence-electron chi connectivity index (χ3n) is 2.81. The number of halogens is 1. The molecule has 0 aliphatic carbocycles. The van der Waals surface area contributed by atoms with Crippen LogP contribution in [0.15, 0.2) is 47.6 Å². The molecule has 0 atom stereocenters. The van der Waals surface area contributed by atoms with Gasteiger partial charge in [-0.25, -0.2) is 8.42 Å². The summed E-state index contributed by atoms with van der Waals surface area (Å²) < 4.78 is 26.1. The lowest BCUT2D eigenvalue weighted by atomic mass is 10.3. The third-order valence-corrected chi connectivity index (χ3v) is 4.93. The van der Waals surface area contributed by atoms with Crippen LogP contribution >= 0.6 is 11.6 Å². The zero-order valence-electron chi connectivity index (χ0n) is 10.8. The molecular formula is C13H14ClN3O2S. The van der Waals surface area contributed by atoms with Gasteiger partial charge in [0.15, 0.2) is 0 Å². The SMILES string of the molecule is CN(Cc1ccncc1)S(=O)(=O)c1ccc(Cl)cc1N. The van der Waals surface area contributed by atoms with Gasteiger partial charge in [-0.2, -0.15) is 4.31 Å². The molecule has 2 N–H and O–H groups in total. The van der Waals surface area contributed by atoms with E-state index in [-0.39, 0.29) is 17.1 Å². The summed E-state index contributed by atoms with van der Waals surface area (Å²) in [5, 5.41) is 0.401. The Hall–Kier alpha value is -1.63. The molecule has 0 bridgehead atoms. The van der Waals surface area contributed by atoms with E-state index < -0.39 is 10.0 Å². The van der Waals surface area contributed by atoms with Gasteiger partial charge in [0, 0.05) is 31.0 Å². The van der Waals surface area contributed by atoms with Crippen LogP contribution in [0.4, 0.5) is 5.69 Å². The molecule has 20 heavy (non-hydrogen) atoms. The van der Waals surface area contributed by atoms with Crippen molar-refractivity contribution in [1.82, 2.24) is 9.29 Å². The van der Waals surface area contributed by atoms with E-state index in [1.165, 1.54) is 29.6 Å². The normalized spacial score (nSPS) is 11.8. The van der Waals surface area contributed by atoms with Crippen LogP contribution in [-0.2, 0) is 16.6 Å². The zero-order chi connectivity index (χ0) is 14.8. The van der Waals surface area contributed by atoms with E-state index >= 15 is 0 Å². The summed E-state index contributed by atoms with van der Waals surface area (Å²) in [6.07, 6.45) is 3.24. The van der Waals surface area contributed by atoms with Crippen molar-refractivity contribution < 1.29 is 8.42 Å². The van der Waals surface area contributed by atoms with Gasteiger partial charge in [-0.1, -0.05) is 11.6 Å². The second kappa shape index (κ2) is 5.78. The van der Waals surface area contributed by atoms with Gasteiger partial charge in [-0.3, -0.25) is 4.98 Å². The van der Waals surface area contributed by atoms with Crippen LogP contribution in [0.1, 0.15) is 5.56 Å². The Balaban J connectivity index is 2.30. The Morgan fingerprint density at radius 1 is 1.25 bits per heavy atom. The highest BCUT2D eigenvalue weighted by atomic mass is 35.5. The minimum absolute atomic E-state index is 0.0541. The van der Waals surface area contributed by atoms with E-state index in [0.29, 0.717) is 5.02 Å². The standard InChI is InChI=1S/C13H14ClN3O2S/c1-17(9-10-4-6-16-7-5-10)20(18,19)13-3-2-11(14)8-12(13)15/h2-8H,9,15H2,1H3. The van der Waals surface area contributed by atoms with Crippen molar-refractivity contribution in [3.05, 3.63) is 53.3 Å². The largest absolute Gasteiger partial charge is 0.398 e. The number of benzene rings is 1. The van der Waals surface area contributed by atoms with Crippen LogP contribution < -0.4 is 5.73 Å². The Bertz CT molecular complexity index is 705. The summed E-state index contributed by atoms with van der Waals surface area (Å²) in [4.78, 5) is 3.95. The van der Waals surface area contributed by atoms with Crippen molar-refractivity contribution in [2.24, 2.45) is 0 Å². The number of hydrogen-bond donors (Lipinski definition) is 1. The summed E-state index contributed by atoms with van der Waals surface area (Å²) in [6, 6.07) is 7.87. The van der Waals surface area contributed by atoms with Crippen LogP contribution in [0.3, 0.4) is 0 Å². The Labute approximate surface area is 123 Å². The predicted octanol–water partition coefficient (Wildman–Crippen LogP) is 2.14. The van der Waals surface area contributed by atoms with Gasteiger partial charge in [0.2, 0.25) is 10.0 Å². The molecule has 0 unspecified atom stereocenters. The maximum absolute atomic E-state index is 12.5. The monoisotopic (exact) mass is 311 g/mol. The van der Waals surface area contributed by atoms with E-state index in [0.717, 1.165) is 5.56 Å². The minimum Gasteiger partial charge on any atom is -0.398 e. The van der Waals surface area contributed by atoms with Crippen molar-refractivity contribution in [3.8, 4) is 0 Å². The molecule has 5 nitrogen and oxygen atoms in total. The highest BCUT2D eigenvalue weighted by Gasteiger charge is 2.23. The van der Waals surface area contributed by atoms with Gasteiger partial charge in [0.05, 0.1) is 5.69 Å². The molecule has 0 amide bonds. The van der Waals surface area contributed by atoms with Crippen molar-refractivity contribution in [2.45, 2.75) is 11.4 Å². The number of pyridine rings is 1.